The minimum Gasteiger partial charge on any atom is -0.0654 e. The van der Waals surface area contributed by atoms with Crippen LogP contribution in [0, 0.1) is 6.58 Å². The average Bonchev–Trinajstić information content (AvgIpc) is 2.25. The molecule has 0 aromatic heterocycles. The lowest BCUT2D eigenvalue weighted by Gasteiger charge is -2.05. The number of hydrogen-bond donors (Lipinski definition) is 0. The van der Waals surface area contributed by atoms with Crippen molar-refractivity contribution in [2.75, 3.05) is 0 Å². The Bertz CT molecular complexity index is 293. The average molecular weight is 185 g/mol. The van der Waals surface area contributed by atoms with Gasteiger partial charge in [-0.15, -0.1) is 0 Å². The molecule has 0 aliphatic carbocycles. The minimum absolute atomic E-state index is 1.11. The van der Waals surface area contributed by atoms with Crippen molar-refractivity contribution < 1.29 is 0 Å². The Kier molecular flexibility index (Phi) is 4.77. The van der Waals surface area contributed by atoms with Crippen LogP contribution in [0.1, 0.15) is 31.7 Å². The first-order valence-corrected chi connectivity index (χ1v) is 5.18. The third kappa shape index (κ3) is 3.21. The third-order valence-electron chi connectivity index (χ3n) is 2.24. The monoisotopic (exact) mass is 185 g/mol. The van der Waals surface area contributed by atoms with Crippen LogP contribution < -0.4 is 0 Å². The van der Waals surface area contributed by atoms with Gasteiger partial charge in [0.25, 0.3) is 0 Å². The molecule has 0 nitrogen and oxygen atoms in total. The summed E-state index contributed by atoms with van der Waals surface area (Å²) in [6.45, 7) is 7.64. The van der Waals surface area contributed by atoms with Gasteiger partial charge in [0.05, 0.1) is 0 Å². The molecule has 0 amide bonds. The highest BCUT2D eigenvalue weighted by Crippen LogP contribution is 2.20. The second-order valence-electron chi connectivity index (χ2n) is 3.35. The Hall–Kier alpha value is -1.30. The van der Waals surface area contributed by atoms with Crippen molar-refractivity contribution in [1.82, 2.24) is 0 Å². The van der Waals surface area contributed by atoms with Crippen LogP contribution in [0.25, 0.3) is 5.57 Å². The summed E-state index contributed by atoms with van der Waals surface area (Å²) in [6.07, 6.45) is 7.17. The van der Waals surface area contributed by atoms with E-state index >= 15 is 0 Å². The van der Waals surface area contributed by atoms with Crippen molar-refractivity contribution in [3.63, 3.8) is 0 Å². The van der Waals surface area contributed by atoms with Crippen LogP contribution in [-0.2, 0) is 0 Å². The SMILES string of the molecule is [CH]=CC=C(CCCC)c1ccccc1. The first kappa shape index (κ1) is 10.8. The van der Waals surface area contributed by atoms with Gasteiger partial charge in [-0.2, -0.15) is 0 Å². The molecule has 0 heteroatoms. The van der Waals surface area contributed by atoms with Gasteiger partial charge < -0.3 is 0 Å². The first-order valence-electron chi connectivity index (χ1n) is 5.18. The van der Waals surface area contributed by atoms with E-state index in [1.165, 1.54) is 24.0 Å². The van der Waals surface area contributed by atoms with Gasteiger partial charge in [0.15, 0.2) is 0 Å². The third-order valence-corrected chi connectivity index (χ3v) is 2.24. The van der Waals surface area contributed by atoms with E-state index in [2.05, 4.69) is 31.2 Å². The number of allylic oxidation sites excluding steroid dienone is 3. The highest BCUT2D eigenvalue weighted by Gasteiger charge is 1.98. The maximum absolute atomic E-state index is 5.44. The van der Waals surface area contributed by atoms with E-state index < -0.39 is 0 Å². The molecule has 0 saturated heterocycles. The summed E-state index contributed by atoms with van der Waals surface area (Å²) in [4.78, 5) is 0. The maximum Gasteiger partial charge on any atom is -0.0225 e. The summed E-state index contributed by atoms with van der Waals surface area (Å²) in [5.74, 6) is 0. The van der Waals surface area contributed by atoms with Gasteiger partial charge in [-0.25, -0.2) is 0 Å². The van der Waals surface area contributed by atoms with Gasteiger partial charge in [0.2, 0.25) is 0 Å². The molecule has 0 saturated carbocycles. The van der Waals surface area contributed by atoms with Crippen LogP contribution in [0.3, 0.4) is 0 Å². The molecule has 0 heterocycles. The highest BCUT2D eigenvalue weighted by molar-refractivity contribution is 5.66. The van der Waals surface area contributed by atoms with Crippen LogP contribution in [0.2, 0.25) is 0 Å². The molecule has 0 atom stereocenters. The van der Waals surface area contributed by atoms with Crippen LogP contribution in [0.15, 0.2) is 42.5 Å². The van der Waals surface area contributed by atoms with Crippen LogP contribution in [0.5, 0.6) is 0 Å². The summed E-state index contributed by atoms with van der Waals surface area (Å²) in [5.41, 5.74) is 2.61. The molecule has 0 aliphatic rings. The van der Waals surface area contributed by atoms with Gasteiger partial charge >= 0.3 is 0 Å². The van der Waals surface area contributed by atoms with Gasteiger partial charge in [-0.1, -0.05) is 62.4 Å². The molecule has 0 fully saturated rings. The maximum atomic E-state index is 5.44. The quantitative estimate of drug-likeness (QED) is 0.601. The second kappa shape index (κ2) is 6.20. The second-order valence-corrected chi connectivity index (χ2v) is 3.35. The van der Waals surface area contributed by atoms with E-state index in [9.17, 15) is 0 Å². The summed E-state index contributed by atoms with van der Waals surface area (Å²) < 4.78 is 0. The fraction of sp³-hybridized carbons (Fsp3) is 0.286. The van der Waals surface area contributed by atoms with E-state index in [1.807, 2.05) is 12.1 Å². The number of unbranched alkanes of at least 4 members (excludes halogenated alkanes) is 1. The molecule has 0 spiro atoms. The summed E-state index contributed by atoms with van der Waals surface area (Å²) in [5, 5.41) is 0. The van der Waals surface area contributed by atoms with Crippen LogP contribution >= 0.6 is 0 Å². The van der Waals surface area contributed by atoms with Crippen molar-refractivity contribution in [3.8, 4) is 0 Å². The molecule has 0 aliphatic heterocycles. The Morgan fingerprint density at radius 1 is 1.29 bits per heavy atom. The Morgan fingerprint density at radius 3 is 2.57 bits per heavy atom. The lowest BCUT2D eigenvalue weighted by atomic mass is 10.00. The minimum atomic E-state index is 1.11. The van der Waals surface area contributed by atoms with E-state index in [0.717, 1.165) is 6.42 Å². The fourth-order valence-electron chi connectivity index (χ4n) is 1.46. The zero-order valence-electron chi connectivity index (χ0n) is 8.74. The molecular formula is C14H17. The molecule has 73 valence electrons. The molecule has 1 aromatic rings. The van der Waals surface area contributed by atoms with Crippen molar-refractivity contribution in [1.29, 1.82) is 0 Å². The van der Waals surface area contributed by atoms with Gasteiger partial charge in [0.1, 0.15) is 0 Å². The number of benzene rings is 1. The molecule has 0 unspecified atom stereocenters. The van der Waals surface area contributed by atoms with Crippen LogP contribution in [0.4, 0.5) is 0 Å². The van der Waals surface area contributed by atoms with Gasteiger partial charge in [-0.05, 0) is 24.0 Å². The standard InChI is InChI=1S/C14H17/c1-3-5-10-13(9-4-2)14-11-7-6-8-12-14/h2,4,6-9,11-12H,3,5,10H2,1H3. The normalized spacial score (nSPS) is 11.4. The van der Waals surface area contributed by atoms with Crippen molar-refractivity contribution in [2.45, 2.75) is 26.2 Å². The molecule has 14 heavy (non-hydrogen) atoms. The highest BCUT2D eigenvalue weighted by atomic mass is 14.0. The topological polar surface area (TPSA) is 0 Å². The molecule has 1 rings (SSSR count). The first-order chi connectivity index (χ1) is 6.88. The molecule has 0 bridgehead atoms. The lowest BCUT2D eigenvalue weighted by molar-refractivity contribution is 0.824. The smallest absolute Gasteiger partial charge is 0.0225 e. The summed E-state index contributed by atoms with van der Waals surface area (Å²) >= 11 is 0. The molecule has 1 radical (unpaired) electrons. The number of hydrogen-bond acceptors (Lipinski definition) is 0. The van der Waals surface area contributed by atoms with E-state index in [-0.39, 0.29) is 0 Å². The Labute approximate surface area is 87.0 Å². The molecule has 1 aromatic carbocycles. The number of rotatable bonds is 5. The van der Waals surface area contributed by atoms with Crippen LogP contribution in [-0.4, -0.2) is 0 Å². The van der Waals surface area contributed by atoms with Crippen molar-refractivity contribution >= 4 is 5.57 Å². The van der Waals surface area contributed by atoms with E-state index in [4.69, 9.17) is 6.58 Å². The molecular weight excluding hydrogens is 168 g/mol. The van der Waals surface area contributed by atoms with Crippen molar-refractivity contribution in [3.05, 3.63) is 54.6 Å². The van der Waals surface area contributed by atoms with E-state index in [1.54, 1.807) is 6.08 Å². The van der Waals surface area contributed by atoms with Crippen molar-refractivity contribution in [2.24, 2.45) is 0 Å². The lowest BCUT2D eigenvalue weighted by Crippen LogP contribution is -1.84. The van der Waals surface area contributed by atoms with E-state index in [0.29, 0.717) is 0 Å². The fourth-order valence-corrected chi connectivity index (χ4v) is 1.46. The Balaban J connectivity index is 2.78. The molecule has 0 N–H and O–H groups in total. The zero-order valence-corrected chi connectivity index (χ0v) is 8.74. The summed E-state index contributed by atoms with van der Waals surface area (Å²) in [6, 6.07) is 10.4. The Morgan fingerprint density at radius 2 is 2.00 bits per heavy atom. The van der Waals surface area contributed by atoms with Gasteiger partial charge in [-0.3, -0.25) is 0 Å². The summed E-state index contributed by atoms with van der Waals surface area (Å²) in [7, 11) is 0. The predicted octanol–water partition coefficient (Wildman–Crippen LogP) is 4.25. The predicted molar refractivity (Wildman–Crippen MR) is 62.8 cm³/mol. The largest absolute Gasteiger partial charge is 0.0654 e. The van der Waals surface area contributed by atoms with Gasteiger partial charge in [0, 0.05) is 0 Å². The zero-order chi connectivity index (χ0) is 10.2.